The van der Waals surface area contributed by atoms with Crippen molar-refractivity contribution in [2.75, 3.05) is 23.8 Å². The lowest BCUT2D eigenvalue weighted by atomic mass is 9.52. The first-order chi connectivity index (χ1) is 16.5. The Morgan fingerprint density at radius 1 is 1.24 bits per heavy atom. The van der Waals surface area contributed by atoms with Gasteiger partial charge in [0.25, 0.3) is 0 Å². The smallest absolute Gasteiger partial charge is 0.410 e. The van der Waals surface area contributed by atoms with Crippen molar-refractivity contribution >= 4 is 23.5 Å². The molecule has 1 saturated heterocycles. The van der Waals surface area contributed by atoms with Gasteiger partial charge in [-0.2, -0.15) is 4.98 Å². The van der Waals surface area contributed by atoms with Crippen LogP contribution in [0, 0.1) is 17.8 Å². The lowest BCUT2D eigenvalue weighted by Crippen LogP contribution is -2.59. The molecule has 8 heteroatoms. The molecule has 4 saturated carbocycles. The largest absolute Gasteiger partial charge is 0.448 e. The average Bonchev–Trinajstić information content (AvgIpc) is 3.20. The van der Waals surface area contributed by atoms with Gasteiger partial charge in [0, 0.05) is 30.0 Å². The summed E-state index contributed by atoms with van der Waals surface area (Å²) in [6.07, 6.45) is 7.75. The Bertz CT molecular complexity index is 1080. The summed E-state index contributed by atoms with van der Waals surface area (Å²) in [5, 5.41) is 18.1. The van der Waals surface area contributed by atoms with Gasteiger partial charge in [-0.25, -0.2) is 9.78 Å². The minimum Gasteiger partial charge on any atom is -0.448 e. The van der Waals surface area contributed by atoms with Crippen molar-refractivity contribution in [3.05, 3.63) is 41.6 Å². The molecule has 4 bridgehead atoms. The first-order valence-electron chi connectivity index (χ1n) is 12.6. The second-order valence-electron chi connectivity index (χ2n) is 10.6. The van der Waals surface area contributed by atoms with Crippen molar-refractivity contribution in [1.82, 2.24) is 14.9 Å². The van der Waals surface area contributed by atoms with Gasteiger partial charge in [0.05, 0.1) is 12.1 Å². The second-order valence-corrected chi connectivity index (χ2v) is 10.6. The highest BCUT2D eigenvalue weighted by Gasteiger charge is 2.54. The summed E-state index contributed by atoms with van der Waals surface area (Å²) in [6.45, 7) is 3.72. The van der Waals surface area contributed by atoms with Crippen LogP contribution in [-0.2, 0) is 17.7 Å². The highest BCUT2D eigenvalue weighted by atomic mass is 16.6. The summed E-state index contributed by atoms with van der Waals surface area (Å²) in [6, 6.07) is 8.35. The number of rotatable bonds is 7. The molecule has 5 aliphatic rings. The van der Waals surface area contributed by atoms with Crippen molar-refractivity contribution in [2.45, 2.75) is 63.6 Å². The fourth-order valence-electron chi connectivity index (χ4n) is 6.89. The van der Waals surface area contributed by atoms with E-state index in [4.69, 9.17) is 9.72 Å². The number of carbonyl (C=O) groups excluding carboxylic acids is 1. The predicted molar refractivity (Wildman–Crippen MR) is 129 cm³/mol. The lowest BCUT2D eigenvalue weighted by Gasteiger charge is -2.58. The second kappa shape index (κ2) is 8.41. The molecule has 7 rings (SSSR count). The summed E-state index contributed by atoms with van der Waals surface area (Å²) < 4.78 is 5.03. The minimum atomic E-state index is -0.433. The number of carbonyl (C=O) groups is 1. The summed E-state index contributed by atoms with van der Waals surface area (Å²) in [4.78, 5) is 22.9. The topological polar surface area (TPSA) is 99.6 Å². The van der Waals surface area contributed by atoms with E-state index in [2.05, 4.69) is 22.5 Å². The van der Waals surface area contributed by atoms with Gasteiger partial charge in [-0.1, -0.05) is 19.1 Å². The molecule has 1 aliphatic heterocycles. The van der Waals surface area contributed by atoms with Crippen molar-refractivity contribution < 1.29 is 14.6 Å². The number of aromatic nitrogens is 2. The van der Waals surface area contributed by atoms with Crippen molar-refractivity contribution in [1.29, 1.82) is 0 Å². The number of ether oxygens (including phenoxy) is 1. The number of amides is 1. The van der Waals surface area contributed by atoms with E-state index in [0.29, 0.717) is 49.4 Å². The van der Waals surface area contributed by atoms with Crippen LogP contribution >= 0.6 is 0 Å². The number of cyclic esters (lactones) is 1. The van der Waals surface area contributed by atoms with Gasteiger partial charge in [0.2, 0.25) is 5.95 Å². The van der Waals surface area contributed by atoms with Crippen LogP contribution in [0.3, 0.4) is 0 Å². The number of hydrogen-bond acceptors (Lipinski definition) is 7. The van der Waals surface area contributed by atoms with E-state index in [1.807, 2.05) is 30.5 Å². The molecule has 0 spiro atoms. The molecule has 180 valence electrons. The number of nitrogens with zero attached hydrogens (tertiary/aromatic N) is 3. The van der Waals surface area contributed by atoms with Crippen molar-refractivity contribution in [3.63, 3.8) is 0 Å². The third-order valence-electron chi connectivity index (χ3n) is 8.19. The minimum absolute atomic E-state index is 0.260. The molecule has 2 heterocycles. The van der Waals surface area contributed by atoms with Crippen LogP contribution < -0.4 is 10.6 Å². The van der Waals surface area contributed by atoms with Gasteiger partial charge < -0.3 is 25.4 Å². The maximum atomic E-state index is 11.8. The Morgan fingerprint density at radius 2 is 2.06 bits per heavy atom. The van der Waals surface area contributed by atoms with E-state index in [0.717, 1.165) is 48.3 Å². The Hall–Kier alpha value is -2.87. The quantitative estimate of drug-likeness (QED) is 0.569. The molecule has 5 fully saturated rings. The van der Waals surface area contributed by atoms with Crippen LogP contribution in [0.15, 0.2) is 30.5 Å². The molecule has 8 nitrogen and oxygen atoms in total. The highest BCUT2D eigenvalue weighted by molar-refractivity contribution is 5.69. The first kappa shape index (κ1) is 21.6. The van der Waals surface area contributed by atoms with Crippen LogP contribution in [0.2, 0.25) is 0 Å². The summed E-state index contributed by atoms with van der Waals surface area (Å²) in [7, 11) is 0. The molecule has 3 N–H and O–H groups in total. The Morgan fingerprint density at radius 3 is 2.76 bits per heavy atom. The van der Waals surface area contributed by atoms with Crippen LogP contribution in [0.25, 0.3) is 0 Å². The van der Waals surface area contributed by atoms with Crippen molar-refractivity contribution in [2.24, 2.45) is 17.8 Å². The molecule has 34 heavy (non-hydrogen) atoms. The molecule has 4 aliphatic carbocycles. The van der Waals surface area contributed by atoms with Crippen LogP contribution in [0.5, 0.6) is 0 Å². The van der Waals surface area contributed by atoms with E-state index >= 15 is 0 Å². The van der Waals surface area contributed by atoms with Gasteiger partial charge in [-0.3, -0.25) is 0 Å². The molecular formula is C26H33N5O3. The standard InChI is InChI=1S/C26H33N5O3/c1-2-18-14-27-24(28-21-5-3-4-16(10-21)15-31-6-7-34-25(31)32)30-23(18)29-22-19-8-17-9-20(22)13-26(33,11-17)12-19/h3-5,10,14,17,19-20,22,33H,2,6-9,11-13,15H2,1H3,(H2,27,28,29,30). The molecule has 2 atom stereocenters. The number of aliphatic hydroxyl groups is 1. The van der Waals surface area contributed by atoms with E-state index in [-0.39, 0.29) is 6.09 Å². The van der Waals surface area contributed by atoms with Gasteiger partial charge in [0.1, 0.15) is 12.4 Å². The lowest BCUT2D eigenvalue weighted by molar-refractivity contribution is -0.129. The van der Waals surface area contributed by atoms with Gasteiger partial charge in [-0.15, -0.1) is 0 Å². The fraction of sp³-hybridized carbons (Fsp3) is 0.577. The molecule has 2 aromatic rings. The third-order valence-corrected chi connectivity index (χ3v) is 8.19. The van der Waals surface area contributed by atoms with Gasteiger partial charge >= 0.3 is 6.09 Å². The third kappa shape index (κ3) is 4.08. The number of hydrogen-bond donors (Lipinski definition) is 3. The zero-order valence-corrected chi connectivity index (χ0v) is 19.7. The highest BCUT2D eigenvalue weighted by Crippen LogP contribution is 2.56. The Kier molecular flexibility index (Phi) is 5.36. The van der Waals surface area contributed by atoms with Gasteiger partial charge in [0.15, 0.2) is 0 Å². The summed E-state index contributed by atoms with van der Waals surface area (Å²) in [5.74, 6) is 3.17. The zero-order valence-electron chi connectivity index (χ0n) is 19.7. The molecule has 1 amide bonds. The molecule has 0 radical (unpaired) electrons. The number of benzene rings is 1. The molecule has 2 unspecified atom stereocenters. The number of nitrogens with one attached hydrogen (secondary N) is 2. The average molecular weight is 464 g/mol. The van der Waals surface area contributed by atoms with Crippen LogP contribution in [-0.4, -0.2) is 50.9 Å². The summed E-state index contributed by atoms with van der Waals surface area (Å²) >= 11 is 0. The van der Waals surface area contributed by atoms with Crippen molar-refractivity contribution in [3.8, 4) is 0 Å². The van der Waals surface area contributed by atoms with E-state index in [1.54, 1.807) is 4.90 Å². The predicted octanol–water partition coefficient (Wildman–Crippen LogP) is 4.09. The van der Waals surface area contributed by atoms with E-state index in [9.17, 15) is 9.90 Å². The summed E-state index contributed by atoms with van der Waals surface area (Å²) in [5.41, 5.74) is 2.59. The first-order valence-corrected chi connectivity index (χ1v) is 12.6. The zero-order chi connectivity index (χ0) is 23.3. The maximum Gasteiger partial charge on any atom is 0.410 e. The normalized spacial score (nSPS) is 31.6. The Balaban J connectivity index is 1.18. The fourth-order valence-corrected chi connectivity index (χ4v) is 6.89. The Labute approximate surface area is 200 Å². The number of aryl methyl sites for hydroxylation is 1. The maximum absolute atomic E-state index is 11.8. The van der Waals surface area contributed by atoms with Gasteiger partial charge in [-0.05, 0) is 74.0 Å². The van der Waals surface area contributed by atoms with E-state index < -0.39 is 5.60 Å². The van der Waals surface area contributed by atoms with E-state index in [1.165, 1.54) is 12.8 Å². The SMILES string of the molecule is CCc1cnc(Nc2cccc(CN3CCOC3=O)c2)nc1NC1C2CC3CC1CC(O)(C3)C2. The monoisotopic (exact) mass is 463 g/mol. The molecular weight excluding hydrogens is 430 g/mol. The molecule has 1 aromatic carbocycles. The number of anilines is 3. The van der Waals surface area contributed by atoms with Crippen LogP contribution in [0.1, 0.15) is 50.2 Å². The molecule has 1 aromatic heterocycles. The van der Waals surface area contributed by atoms with Crippen LogP contribution in [0.4, 0.5) is 22.2 Å².